The summed E-state index contributed by atoms with van der Waals surface area (Å²) >= 11 is 1.40. The summed E-state index contributed by atoms with van der Waals surface area (Å²) in [5.41, 5.74) is 1.33. The van der Waals surface area contributed by atoms with Crippen molar-refractivity contribution in [2.24, 2.45) is 0 Å². The Hall–Kier alpha value is -2.36. The maximum absolute atomic E-state index is 12.6. The molecule has 0 saturated carbocycles. The predicted molar refractivity (Wildman–Crippen MR) is 102 cm³/mol. The van der Waals surface area contributed by atoms with Crippen LogP contribution in [0.1, 0.15) is 16.1 Å². The van der Waals surface area contributed by atoms with Crippen LogP contribution < -0.4 is 19.5 Å². The summed E-state index contributed by atoms with van der Waals surface area (Å²) in [5.74, 6) is 1.00. The van der Waals surface area contributed by atoms with E-state index in [0.717, 1.165) is 38.5 Å². The molecule has 8 nitrogen and oxygen atoms in total. The van der Waals surface area contributed by atoms with Crippen LogP contribution in [0.3, 0.4) is 0 Å². The van der Waals surface area contributed by atoms with Crippen molar-refractivity contribution < 1.29 is 23.7 Å². The second-order valence-corrected chi connectivity index (χ2v) is 6.76. The molecule has 1 amide bonds. The van der Waals surface area contributed by atoms with Crippen molar-refractivity contribution in [3.05, 3.63) is 28.8 Å². The summed E-state index contributed by atoms with van der Waals surface area (Å²) in [6.07, 6.45) is 0. The van der Waals surface area contributed by atoms with Crippen molar-refractivity contribution in [1.29, 1.82) is 0 Å². The first kappa shape index (κ1) is 19.4. The van der Waals surface area contributed by atoms with Gasteiger partial charge in [0.15, 0.2) is 16.6 Å². The number of amides is 1. The molecule has 2 heterocycles. The van der Waals surface area contributed by atoms with Crippen LogP contribution in [-0.4, -0.2) is 63.4 Å². The molecular weight excluding hydrogens is 370 g/mol. The molecule has 0 atom stereocenters. The second-order valence-electron chi connectivity index (χ2n) is 5.90. The van der Waals surface area contributed by atoms with Gasteiger partial charge in [-0.3, -0.25) is 15.0 Å². The number of methoxy groups -OCH3 is 3. The van der Waals surface area contributed by atoms with Gasteiger partial charge in [0.25, 0.3) is 5.91 Å². The lowest BCUT2D eigenvalue weighted by molar-refractivity contribution is 0.0337. The van der Waals surface area contributed by atoms with Crippen molar-refractivity contribution in [1.82, 2.24) is 9.88 Å². The van der Waals surface area contributed by atoms with Gasteiger partial charge in [-0.05, 0) is 12.1 Å². The van der Waals surface area contributed by atoms with Gasteiger partial charge >= 0.3 is 0 Å². The average Bonchev–Trinajstić information content (AvgIpc) is 3.14. The van der Waals surface area contributed by atoms with Crippen LogP contribution in [0.25, 0.3) is 0 Å². The van der Waals surface area contributed by atoms with Crippen LogP contribution in [0.15, 0.2) is 17.5 Å². The molecule has 0 spiro atoms. The summed E-state index contributed by atoms with van der Waals surface area (Å²) < 4.78 is 21.2. The van der Waals surface area contributed by atoms with Crippen LogP contribution in [0.2, 0.25) is 0 Å². The number of rotatable bonds is 7. The number of hydrogen-bond acceptors (Lipinski definition) is 8. The second kappa shape index (κ2) is 9.03. The highest BCUT2D eigenvalue weighted by atomic mass is 32.1. The first-order valence-corrected chi connectivity index (χ1v) is 9.38. The minimum absolute atomic E-state index is 0.290. The highest BCUT2D eigenvalue weighted by Crippen LogP contribution is 2.38. The van der Waals surface area contributed by atoms with Crippen LogP contribution in [0, 0.1) is 0 Å². The van der Waals surface area contributed by atoms with Crippen molar-refractivity contribution in [3.8, 4) is 17.2 Å². The van der Waals surface area contributed by atoms with Crippen LogP contribution in [0.5, 0.6) is 17.2 Å². The van der Waals surface area contributed by atoms with E-state index in [1.165, 1.54) is 32.7 Å². The van der Waals surface area contributed by atoms with E-state index in [2.05, 4.69) is 15.2 Å². The van der Waals surface area contributed by atoms with Crippen molar-refractivity contribution in [2.45, 2.75) is 6.54 Å². The highest BCUT2D eigenvalue weighted by molar-refractivity contribution is 7.13. The number of anilines is 1. The minimum atomic E-state index is -0.290. The molecule has 1 aliphatic heterocycles. The van der Waals surface area contributed by atoms with Gasteiger partial charge in [-0.1, -0.05) is 0 Å². The summed E-state index contributed by atoms with van der Waals surface area (Å²) in [7, 11) is 4.54. The molecule has 1 aromatic heterocycles. The standard InChI is InChI=1S/C18H23N3O5S/c1-23-14-8-12(9-15(24-2)16(14)25-3)17(22)20-18-19-13(11-27-18)10-21-4-6-26-7-5-21/h8-9,11H,4-7,10H2,1-3H3,(H,19,20,22). The van der Waals surface area contributed by atoms with Crippen LogP contribution in [-0.2, 0) is 11.3 Å². The van der Waals surface area contributed by atoms with E-state index < -0.39 is 0 Å². The third kappa shape index (κ3) is 4.68. The summed E-state index contributed by atoms with van der Waals surface area (Å²) in [6, 6.07) is 3.22. The van der Waals surface area contributed by atoms with E-state index in [1.807, 2.05) is 5.38 Å². The van der Waals surface area contributed by atoms with Crippen molar-refractivity contribution in [3.63, 3.8) is 0 Å². The normalized spacial score (nSPS) is 14.6. The topological polar surface area (TPSA) is 82.2 Å². The molecule has 1 aliphatic rings. The molecule has 3 rings (SSSR count). The summed E-state index contributed by atoms with van der Waals surface area (Å²) in [5, 5.41) is 5.34. The Balaban J connectivity index is 1.70. The number of hydrogen-bond donors (Lipinski definition) is 1. The molecule has 1 N–H and O–H groups in total. The van der Waals surface area contributed by atoms with E-state index >= 15 is 0 Å². The zero-order valence-corrected chi connectivity index (χ0v) is 16.4. The quantitative estimate of drug-likeness (QED) is 0.773. The number of nitrogens with one attached hydrogen (secondary N) is 1. The first-order chi connectivity index (χ1) is 13.1. The number of aromatic nitrogens is 1. The molecule has 1 fully saturated rings. The molecule has 0 aliphatic carbocycles. The smallest absolute Gasteiger partial charge is 0.257 e. The molecular formula is C18H23N3O5S. The van der Waals surface area contributed by atoms with Gasteiger partial charge in [-0.2, -0.15) is 0 Å². The monoisotopic (exact) mass is 393 g/mol. The molecule has 2 aromatic rings. The lowest BCUT2D eigenvalue weighted by Crippen LogP contribution is -2.35. The number of morpholine rings is 1. The molecule has 0 bridgehead atoms. The Kier molecular flexibility index (Phi) is 6.49. The fraction of sp³-hybridized carbons (Fsp3) is 0.444. The summed E-state index contributed by atoms with van der Waals surface area (Å²) in [4.78, 5) is 19.4. The molecule has 27 heavy (non-hydrogen) atoms. The zero-order valence-electron chi connectivity index (χ0n) is 15.6. The summed E-state index contributed by atoms with van der Waals surface area (Å²) in [6.45, 7) is 4.03. The van der Waals surface area contributed by atoms with Gasteiger partial charge in [0, 0.05) is 30.6 Å². The Morgan fingerprint density at radius 1 is 1.19 bits per heavy atom. The molecule has 146 valence electrons. The molecule has 9 heteroatoms. The Morgan fingerprint density at radius 3 is 2.44 bits per heavy atom. The van der Waals surface area contributed by atoms with Gasteiger partial charge in [0.05, 0.1) is 40.2 Å². The molecule has 1 aromatic carbocycles. The number of carbonyl (C=O) groups is 1. The van der Waals surface area contributed by atoms with Gasteiger partial charge in [0.2, 0.25) is 5.75 Å². The van der Waals surface area contributed by atoms with Gasteiger partial charge in [-0.25, -0.2) is 4.98 Å². The largest absolute Gasteiger partial charge is 0.493 e. The van der Waals surface area contributed by atoms with Crippen LogP contribution in [0.4, 0.5) is 5.13 Å². The molecule has 0 radical (unpaired) electrons. The van der Waals surface area contributed by atoms with E-state index in [1.54, 1.807) is 12.1 Å². The van der Waals surface area contributed by atoms with E-state index in [-0.39, 0.29) is 5.91 Å². The predicted octanol–water partition coefficient (Wildman–Crippen LogP) is 2.25. The average molecular weight is 393 g/mol. The lowest BCUT2D eigenvalue weighted by atomic mass is 10.1. The number of ether oxygens (including phenoxy) is 4. The number of thiazole rings is 1. The maximum Gasteiger partial charge on any atom is 0.257 e. The van der Waals surface area contributed by atoms with Gasteiger partial charge < -0.3 is 18.9 Å². The van der Waals surface area contributed by atoms with E-state index in [4.69, 9.17) is 18.9 Å². The van der Waals surface area contributed by atoms with Crippen molar-refractivity contribution in [2.75, 3.05) is 52.9 Å². The number of nitrogens with zero attached hydrogens (tertiary/aromatic N) is 2. The minimum Gasteiger partial charge on any atom is -0.493 e. The third-order valence-corrected chi connectivity index (χ3v) is 4.99. The lowest BCUT2D eigenvalue weighted by Gasteiger charge is -2.25. The Labute approximate surface area is 162 Å². The SMILES string of the molecule is COc1cc(C(=O)Nc2nc(CN3CCOCC3)cs2)cc(OC)c1OC. The number of benzene rings is 1. The van der Waals surface area contributed by atoms with Gasteiger partial charge in [-0.15, -0.1) is 11.3 Å². The Bertz CT molecular complexity index is 764. The third-order valence-electron chi connectivity index (χ3n) is 4.19. The molecule has 1 saturated heterocycles. The zero-order chi connectivity index (χ0) is 19.2. The first-order valence-electron chi connectivity index (χ1n) is 8.50. The number of carbonyl (C=O) groups excluding carboxylic acids is 1. The van der Waals surface area contributed by atoms with Gasteiger partial charge in [0.1, 0.15) is 0 Å². The fourth-order valence-corrected chi connectivity index (χ4v) is 3.50. The van der Waals surface area contributed by atoms with E-state index in [0.29, 0.717) is 27.9 Å². The van der Waals surface area contributed by atoms with Crippen molar-refractivity contribution >= 4 is 22.4 Å². The van der Waals surface area contributed by atoms with E-state index in [9.17, 15) is 4.79 Å². The highest BCUT2D eigenvalue weighted by Gasteiger charge is 2.18. The maximum atomic E-state index is 12.6. The fourth-order valence-electron chi connectivity index (χ4n) is 2.81. The Morgan fingerprint density at radius 2 is 1.85 bits per heavy atom. The molecule has 0 unspecified atom stereocenters. The van der Waals surface area contributed by atoms with Crippen LogP contribution >= 0.6 is 11.3 Å².